The van der Waals surface area contributed by atoms with Crippen molar-refractivity contribution in [3.05, 3.63) is 54.2 Å². The standard InChI is InChI=1S/C20H14F3N5/c21-12-3-1-11(2-4-12)17-16(13-5-6-24-18-14(13)8-25-26-18)15-7-19(9-20(19,22)23)10-28(15)27-17/h1-6,8H,7,9-10H2,(H,24,25,26)/t19-/m1/s1. The van der Waals surface area contributed by atoms with Crippen LogP contribution in [0.25, 0.3) is 33.4 Å². The summed E-state index contributed by atoms with van der Waals surface area (Å²) in [5.41, 5.74) is 3.40. The summed E-state index contributed by atoms with van der Waals surface area (Å²) in [6.45, 7) is 0.198. The lowest BCUT2D eigenvalue weighted by molar-refractivity contribution is 0.0630. The molecule has 4 heterocycles. The average Bonchev–Trinajstić information content (AvgIpc) is 3.11. The van der Waals surface area contributed by atoms with Crippen molar-refractivity contribution in [1.29, 1.82) is 0 Å². The number of aromatic nitrogens is 5. The van der Waals surface area contributed by atoms with E-state index in [4.69, 9.17) is 0 Å². The van der Waals surface area contributed by atoms with E-state index in [-0.39, 0.29) is 25.2 Å². The maximum absolute atomic E-state index is 14.0. The number of nitrogens with zero attached hydrogens (tertiary/aromatic N) is 4. The molecule has 0 bridgehead atoms. The molecule has 5 nitrogen and oxygen atoms in total. The Labute approximate surface area is 157 Å². The van der Waals surface area contributed by atoms with Crippen LogP contribution in [-0.4, -0.2) is 30.9 Å². The number of aromatic amines is 1. The summed E-state index contributed by atoms with van der Waals surface area (Å²) >= 11 is 0. The fourth-order valence-corrected chi connectivity index (χ4v) is 4.38. The molecule has 1 aliphatic carbocycles. The molecular formula is C20H14F3N5. The Morgan fingerprint density at radius 3 is 2.64 bits per heavy atom. The summed E-state index contributed by atoms with van der Waals surface area (Å²) in [4.78, 5) is 4.27. The number of pyridine rings is 1. The van der Waals surface area contributed by atoms with Gasteiger partial charge in [0.15, 0.2) is 5.65 Å². The summed E-state index contributed by atoms with van der Waals surface area (Å²) in [5, 5.41) is 12.4. The highest BCUT2D eigenvalue weighted by Crippen LogP contribution is 2.66. The van der Waals surface area contributed by atoms with Gasteiger partial charge in [-0.1, -0.05) is 0 Å². The monoisotopic (exact) mass is 381 g/mol. The van der Waals surface area contributed by atoms with Gasteiger partial charge in [-0.2, -0.15) is 10.2 Å². The van der Waals surface area contributed by atoms with Crippen LogP contribution in [0.4, 0.5) is 13.2 Å². The Morgan fingerprint density at radius 1 is 1.11 bits per heavy atom. The molecular weight excluding hydrogens is 367 g/mol. The van der Waals surface area contributed by atoms with Gasteiger partial charge in [-0.15, -0.1) is 0 Å². The van der Waals surface area contributed by atoms with Gasteiger partial charge in [0.2, 0.25) is 0 Å². The minimum atomic E-state index is -2.65. The number of nitrogens with one attached hydrogen (secondary N) is 1. The third-order valence-corrected chi connectivity index (χ3v) is 5.97. The normalized spacial score (nSPS) is 22.1. The molecule has 3 aromatic heterocycles. The third-order valence-electron chi connectivity index (χ3n) is 5.97. The van der Waals surface area contributed by atoms with Gasteiger partial charge in [0.1, 0.15) is 11.5 Å². The summed E-state index contributed by atoms with van der Waals surface area (Å²) < 4.78 is 43.2. The number of hydrogen-bond acceptors (Lipinski definition) is 3. The molecule has 0 radical (unpaired) electrons. The smallest absolute Gasteiger partial charge is 0.256 e. The molecule has 6 rings (SSSR count). The molecule has 4 aromatic rings. The molecule has 1 aliphatic heterocycles. The molecule has 28 heavy (non-hydrogen) atoms. The molecule has 1 atom stereocenters. The van der Waals surface area contributed by atoms with Gasteiger partial charge in [-0.05, 0) is 35.9 Å². The first-order valence-electron chi connectivity index (χ1n) is 8.99. The first-order chi connectivity index (χ1) is 13.5. The van der Waals surface area contributed by atoms with Crippen molar-refractivity contribution in [2.24, 2.45) is 5.41 Å². The van der Waals surface area contributed by atoms with Crippen molar-refractivity contribution < 1.29 is 13.2 Å². The predicted molar refractivity (Wildman–Crippen MR) is 96.2 cm³/mol. The molecule has 0 unspecified atom stereocenters. The number of fused-ring (bicyclic) bond motifs is 2. The Bertz CT molecular complexity index is 1240. The molecule has 140 valence electrons. The van der Waals surface area contributed by atoms with Crippen molar-refractivity contribution >= 4 is 11.0 Å². The number of H-pyrrole nitrogens is 1. The van der Waals surface area contributed by atoms with E-state index in [1.165, 1.54) is 12.1 Å². The summed E-state index contributed by atoms with van der Waals surface area (Å²) in [7, 11) is 0. The maximum atomic E-state index is 14.0. The molecule has 1 spiro atoms. The largest absolute Gasteiger partial charge is 0.267 e. The second-order valence-electron chi connectivity index (χ2n) is 7.66. The van der Waals surface area contributed by atoms with Crippen molar-refractivity contribution in [2.75, 3.05) is 0 Å². The topological polar surface area (TPSA) is 59.4 Å². The molecule has 2 aliphatic rings. The molecule has 0 saturated heterocycles. The molecule has 1 fully saturated rings. The second-order valence-corrected chi connectivity index (χ2v) is 7.66. The zero-order chi connectivity index (χ0) is 19.1. The first kappa shape index (κ1) is 15.9. The van der Waals surface area contributed by atoms with Gasteiger partial charge in [0, 0.05) is 41.2 Å². The van der Waals surface area contributed by atoms with Crippen LogP contribution < -0.4 is 0 Å². The highest BCUT2D eigenvalue weighted by Gasteiger charge is 2.73. The second kappa shape index (κ2) is 5.01. The van der Waals surface area contributed by atoms with Crippen molar-refractivity contribution in [3.63, 3.8) is 0 Å². The number of hydrogen-bond donors (Lipinski definition) is 1. The van der Waals surface area contributed by atoms with Crippen LogP contribution in [0.5, 0.6) is 0 Å². The van der Waals surface area contributed by atoms with E-state index in [0.29, 0.717) is 11.3 Å². The minimum Gasteiger partial charge on any atom is -0.267 e. The van der Waals surface area contributed by atoms with Crippen LogP contribution in [0.3, 0.4) is 0 Å². The van der Waals surface area contributed by atoms with Gasteiger partial charge in [0.25, 0.3) is 5.92 Å². The molecule has 0 amide bonds. The molecule has 1 aromatic carbocycles. The van der Waals surface area contributed by atoms with Crippen molar-refractivity contribution in [2.45, 2.75) is 25.3 Å². The lowest BCUT2D eigenvalue weighted by atomic mass is 9.94. The van der Waals surface area contributed by atoms with Gasteiger partial charge in [-0.25, -0.2) is 18.2 Å². The lowest BCUT2D eigenvalue weighted by Crippen LogP contribution is -2.13. The van der Waals surface area contributed by atoms with E-state index in [0.717, 1.165) is 27.8 Å². The molecule has 8 heteroatoms. The number of rotatable bonds is 2. The van der Waals surface area contributed by atoms with E-state index < -0.39 is 11.3 Å². The van der Waals surface area contributed by atoms with Crippen molar-refractivity contribution in [1.82, 2.24) is 25.0 Å². The van der Waals surface area contributed by atoms with Crippen LogP contribution in [0.1, 0.15) is 12.1 Å². The van der Waals surface area contributed by atoms with E-state index >= 15 is 0 Å². The van der Waals surface area contributed by atoms with Crippen LogP contribution >= 0.6 is 0 Å². The zero-order valence-electron chi connectivity index (χ0n) is 14.6. The number of benzene rings is 1. The Hall–Kier alpha value is -3.16. The van der Waals surface area contributed by atoms with E-state index in [1.54, 1.807) is 29.2 Å². The van der Waals surface area contributed by atoms with Crippen LogP contribution in [0.15, 0.2) is 42.7 Å². The average molecular weight is 381 g/mol. The van der Waals surface area contributed by atoms with Gasteiger partial charge < -0.3 is 0 Å². The minimum absolute atomic E-state index is 0.105. The van der Waals surface area contributed by atoms with Crippen LogP contribution in [0.2, 0.25) is 0 Å². The van der Waals surface area contributed by atoms with E-state index in [9.17, 15) is 13.2 Å². The fraction of sp³-hybridized carbons (Fsp3) is 0.250. The Morgan fingerprint density at radius 2 is 1.89 bits per heavy atom. The SMILES string of the molecule is Fc1ccc(-c2nn3c(c2-c2ccnc4[nH]ncc24)C[C@]2(C3)CC2(F)F)cc1. The Balaban J connectivity index is 1.60. The highest BCUT2D eigenvalue weighted by atomic mass is 19.3. The quantitative estimate of drug-likeness (QED) is 0.566. The number of halogens is 3. The van der Waals surface area contributed by atoms with Crippen molar-refractivity contribution in [3.8, 4) is 22.4 Å². The Kier molecular flexibility index (Phi) is 2.83. The summed E-state index contributed by atoms with van der Waals surface area (Å²) in [6.07, 6.45) is 3.49. The van der Waals surface area contributed by atoms with Gasteiger partial charge >= 0.3 is 0 Å². The summed E-state index contributed by atoms with van der Waals surface area (Å²) in [5.74, 6) is -2.99. The molecule has 1 N–H and O–H groups in total. The zero-order valence-corrected chi connectivity index (χ0v) is 14.6. The third kappa shape index (κ3) is 2.00. The predicted octanol–water partition coefficient (Wildman–Crippen LogP) is 4.21. The van der Waals surface area contributed by atoms with Gasteiger partial charge in [-0.3, -0.25) is 9.78 Å². The fourth-order valence-electron chi connectivity index (χ4n) is 4.38. The van der Waals surface area contributed by atoms with E-state index in [1.807, 2.05) is 6.07 Å². The van der Waals surface area contributed by atoms with Gasteiger partial charge in [0.05, 0.1) is 18.2 Å². The summed E-state index contributed by atoms with van der Waals surface area (Å²) in [6, 6.07) is 7.91. The highest BCUT2D eigenvalue weighted by molar-refractivity contribution is 5.97. The lowest BCUT2D eigenvalue weighted by Gasteiger charge is -2.10. The van der Waals surface area contributed by atoms with Crippen LogP contribution in [-0.2, 0) is 13.0 Å². The number of alkyl halides is 2. The van der Waals surface area contributed by atoms with E-state index in [2.05, 4.69) is 20.3 Å². The first-order valence-corrected chi connectivity index (χ1v) is 8.99. The van der Waals surface area contributed by atoms with Crippen LogP contribution in [0, 0.1) is 11.2 Å². The maximum Gasteiger partial charge on any atom is 0.256 e. The molecule has 1 saturated carbocycles.